The summed E-state index contributed by atoms with van der Waals surface area (Å²) in [4.78, 5) is 29.5. The van der Waals surface area contributed by atoms with E-state index in [4.69, 9.17) is 16.3 Å². The number of ether oxygens (including phenoxy) is 1. The van der Waals surface area contributed by atoms with Crippen LogP contribution in [0.25, 0.3) is 15.9 Å². The molecule has 29 heavy (non-hydrogen) atoms. The molecule has 0 bridgehead atoms. The summed E-state index contributed by atoms with van der Waals surface area (Å²) in [7, 11) is 1.56. The highest BCUT2D eigenvalue weighted by molar-refractivity contribution is 7.22. The molecule has 0 aliphatic carbocycles. The molecule has 1 N–H and O–H groups in total. The van der Waals surface area contributed by atoms with Gasteiger partial charge in [-0.1, -0.05) is 29.0 Å². The van der Waals surface area contributed by atoms with Crippen LogP contribution in [-0.4, -0.2) is 27.8 Å². The van der Waals surface area contributed by atoms with Crippen molar-refractivity contribution < 1.29 is 9.53 Å². The smallest absolute Gasteiger partial charge is 0.281 e. The molecular formula is C20H15ClN4O3S. The van der Waals surface area contributed by atoms with Gasteiger partial charge in [-0.3, -0.25) is 14.9 Å². The van der Waals surface area contributed by atoms with Crippen molar-refractivity contribution >= 4 is 44.2 Å². The lowest BCUT2D eigenvalue weighted by Crippen LogP contribution is -2.26. The predicted octanol–water partition coefficient (Wildman–Crippen LogP) is 4.06. The molecule has 2 aromatic heterocycles. The van der Waals surface area contributed by atoms with Crippen LogP contribution in [0.5, 0.6) is 5.75 Å². The van der Waals surface area contributed by atoms with Gasteiger partial charge in [-0.2, -0.15) is 5.10 Å². The van der Waals surface area contributed by atoms with Crippen LogP contribution < -0.4 is 15.5 Å². The number of aryl methyl sites for hydroxylation is 1. The van der Waals surface area contributed by atoms with Gasteiger partial charge in [0.2, 0.25) is 5.43 Å². The highest BCUT2D eigenvalue weighted by atomic mass is 35.5. The van der Waals surface area contributed by atoms with E-state index in [2.05, 4.69) is 15.4 Å². The summed E-state index contributed by atoms with van der Waals surface area (Å²) in [6.45, 7) is 1.74. The lowest BCUT2D eigenvalue weighted by Gasteiger charge is -2.11. The van der Waals surface area contributed by atoms with Crippen molar-refractivity contribution in [2.24, 2.45) is 0 Å². The van der Waals surface area contributed by atoms with Crippen LogP contribution in [0, 0.1) is 6.92 Å². The molecule has 2 heterocycles. The van der Waals surface area contributed by atoms with Gasteiger partial charge in [0.1, 0.15) is 11.3 Å². The van der Waals surface area contributed by atoms with Crippen LogP contribution in [0.1, 0.15) is 16.2 Å². The van der Waals surface area contributed by atoms with Crippen LogP contribution in [0.3, 0.4) is 0 Å². The second kappa shape index (κ2) is 7.65. The number of halogens is 1. The van der Waals surface area contributed by atoms with Gasteiger partial charge in [0.05, 0.1) is 17.5 Å². The summed E-state index contributed by atoms with van der Waals surface area (Å²) in [5.41, 5.74) is 1.23. The number of methoxy groups -OCH3 is 1. The van der Waals surface area contributed by atoms with E-state index >= 15 is 0 Å². The molecule has 0 aliphatic heterocycles. The summed E-state index contributed by atoms with van der Waals surface area (Å²) in [5.74, 6) is -0.0199. The minimum Gasteiger partial charge on any atom is -0.494 e. The Bertz CT molecular complexity index is 1280. The summed E-state index contributed by atoms with van der Waals surface area (Å²) >= 11 is 7.22. The van der Waals surface area contributed by atoms with Crippen molar-refractivity contribution in [1.82, 2.24) is 14.8 Å². The monoisotopic (exact) mass is 426 g/mol. The van der Waals surface area contributed by atoms with Gasteiger partial charge in [0.25, 0.3) is 5.91 Å². The topological polar surface area (TPSA) is 86.1 Å². The number of aromatic nitrogens is 3. The molecule has 2 aromatic carbocycles. The fourth-order valence-electron chi connectivity index (χ4n) is 2.85. The van der Waals surface area contributed by atoms with E-state index in [1.165, 1.54) is 22.1 Å². The molecule has 0 aliphatic rings. The molecule has 9 heteroatoms. The zero-order valence-electron chi connectivity index (χ0n) is 15.5. The molecule has 0 spiro atoms. The highest BCUT2D eigenvalue weighted by Crippen LogP contribution is 2.32. The van der Waals surface area contributed by atoms with Crippen molar-refractivity contribution in [1.29, 1.82) is 0 Å². The van der Waals surface area contributed by atoms with E-state index < -0.39 is 11.3 Å². The van der Waals surface area contributed by atoms with Crippen LogP contribution in [0.4, 0.5) is 5.13 Å². The van der Waals surface area contributed by atoms with E-state index in [9.17, 15) is 9.59 Å². The maximum atomic E-state index is 12.7. The van der Waals surface area contributed by atoms with Crippen molar-refractivity contribution in [3.05, 3.63) is 75.2 Å². The van der Waals surface area contributed by atoms with Crippen LogP contribution in [0.2, 0.25) is 5.02 Å². The molecule has 0 saturated carbocycles. The number of amides is 1. The first-order chi connectivity index (χ1) is 14.0. The number of rotatable bonds is 4. The van der Waals surface area contributed by atoms with E-state index in [0.717, 1.165) is 4.70 Å². The molecule has 0 fully saturated rings. The first-order valence-corrected chi connectivity index (χ1v) is 9.77. The zero-order chi connectivity index (χ0) is 20.5. The Labute approximate surface area is 174 Å². The maximum Gasteiger partial charge on any atom is 0.281 e. The number of nitrogens with zero attached hydrogens (tertiary/aromatic N) is 3. The molecule has 0 unspecified atom stereocenters. The molecule has 0 radical (unpaired) electrons. The molecule has 4 rings (SSSR count). The average Bonchev–Trinajstić information content (AvgIpc) is 3.11. The number of nitrogens with one attached hydrogen (secondary N) is 1. The third-order valence-electron chi connectivity index (χ3n) is 4.22. The molecule has 146 valence electrons. The van der Waals surface area contributed by atoms with Gasteiger partial charge in [0.15, 0.2) is 10.8 Å². The Morgan fingerprint density at radius 1 is 1.21 bits per heavy atom. The molecule has 4 aromatic rings. The first-order valence-electron chi connectivity index (χ1n) is 8.58. The summed E-state index contributed by atoms with van der Waals surface area (Å²) in [5, 5.41) is 7.86. The van der Waals surface area contributed by atoms with Crippen molar-refractivity contribution in [3.63, 3.8) is 0 Å². The molecule has 0 atom stereocenters. The predicted molar refractivity (Wildman–Crippen MR) is 114 cm³/mol. The Balaban J connectivity index is 1.69. The highest BCUT2D eigenvalue weighted by Gasteiger charge is 2.18. The van der Waals surface area contributed by atoms with Crippen LogP contribution >= 0.6 is 22.9 Å². The van der Waals surface area contributed by atoms with E-state index in [1.54, 1.807) is 44.4 Å². The largest absolute Gasteiger partial charge is 0.494 e. The SMILES string of the molecule is COc1cccc2sc(NC(=O)c3nn(-c4ccc(Cl)cc4)c(C)cc3=O)nc12. The second-order valence-electron chi connectivity index (χ2n) is 6.17. The molecule has 0 saturated heterocycles. The number of carbonyl (C=O) groups excluding carboxylic acids is 1. The van der Waals surface area contributed by atoms with Crippen molar-refractivity contribution in [2.75, 3.05) is 12.4 Å². The summed E-state index contributed by atoms with van der Waals surface area (Å²) in [6, 6.07) is 13.8. The lowest BCUT2D eigenvalue weighted by atomic mass is 10.2. The summed E-state index contributed by atoms with van der Waals surface area (Å²) < 4.78 is 7.67. The zero-order valence-corrected chi connectivity index (χ0v) is 17.0. The number of thiazole rings is 1. The third kappa shape index (κ3) is 3.72. The molecule has 1 amide bonds. The number of hydrogen-bond acceptors (Lipinski definition) is 6. The number of carbonyl (C=O) groups is 1. The Kier molecular flexibility index (Phi) is 5.04. The number of hydrogen-bond donors (Lipinski definition) is 1. The first kappa shape index (κ1) is 19.1. The maximum absolute atomic E-state index is 12.7. The quantitative estimate of drug-likeness (QED) is 0.531. The standard InChI is InChI=1S/C20H15ClN4O3S/c1-11-10-14(26)17(24-25(11)13-8-6-12(21)7-9-13)19(27)23-20-22-18-15(28-2)4-3-5-16(18)29-20/h3-10H,1-2H3,(H,22,23,27). The Morgan fingerprint density at radius 3 is 2.69 bits per heavy atom. The van der Waals surface area contributed by atoms with E-state index in [1.807, 2.05) is 12.1 Å². The minimum atomic E-state index is -0.629. The van der Waals surface area contributed by atoms with Gasteiger partial charge in [-0.25, -0.2) is 9.67 Å². The number of anilines is 1. The molecule has 7 nitrogen and oxygen atoms in total. The van der Waals surface area contributed by atoms with E-state index in [-0.39, 0.29) is 5.69 Å². The minimum absolute atomic E-state index is 0.225. The fourth-order valence-corrected chi connectivity index (χ4v) is 3.85. The second-order valence-corrected chi connectivity index (χ2v) is 7.63. The average molecular weight is 427 g/mol. The van der Waals surface area contributed by atoms with Gasteiger partial charge < -0.3 is 4.74 Å². The van der Waals surface area contributed by atoms with Crippen LogP contribution in [0.15, 0.2) is 53.3 Å². The molecular weight excluding hydrogens is 412 g/mol. The third-order valence-corrected chi connectivity index (χ3v) is 5.40. The number of benzene rings is 2. The summed E-state index contributed by atoms with van der Waals surface area (Å²) in [6.07, 6.45) is 0. The normalized spacial score (nSPS) is 10.9. The lowest BCUT2D eigenvalue weighted by molar-refractivity contribution is 0.101. The van der Waals surface area contributed by atoms with Crippen molar-refractivity contribution in [2.45, 2.75) is 6.92 Å². The van der Waals surface area contributed by atoms with Gasteiger partial charge in [-0.15, -0.1) is 0 Å². The van der Waals surface area contributed by atoms with Gasteiger partial charge >= 0.3 is 0 Å². The van der Waals surface area contributed by atoms with Crippen LogP contribution in [-0.2, 0) is 0 Å². The Morgan fingerprint density at radius 2 is 1.97 bits per heavy atom. The number of para-hydroxylation sites is 1. The van der Waals surface area contributed by atoms with Crippen molar-refractivity contribution in [3.8, 4) is 11.4 Å². The van der Waals surface area contributed by atoms with E-state index in [0.29, 0.717) is 32.8 Å². The van der Waals surface area contributed by atoms with Gasteiger partial charge in [0, 0.05) is 16.8 Å². The Hall–Kier alpha value is -3.23. The van der Waals surface area contributed by atoms with Gasteiger partial charge in [-0.05, 0) is 43.3 Å². The number of fused-ring (bicyclic) bond motifs is 1. The fraction of sp³-hybridized carbons (Fsp3) is 0.100.